The molecule has 2 aromatic rings. The molecule has 0 radical (unpaired) electrons. The van der Waals surface area contributed by atoms with E-state index >= 15 is 0 Å². The number of benzene rings is 1. The molecule has 26 heavy (non-hydrogen) atoms. The summed E-state index contributed by atoms with van der Waals surface area (Å²) in [5, 5.41) is 3.90. The van der Waals surface area contributed by atoms with Crippen molar-refractivity contribution >= 4 is 18.0 Å². The van der Waals surface area contributed by atoms with Gasteiger partial charge in [0.1, 0.15) is 11.5 Å². The average Bonchev–Trinajstić information content (AvgIpc) is 3.21. The Hall–Kier alpha value is -3.09. The largest absolute Gasteiger partial charge is 0.497 e. The van der Waals surface area contributed by atoms with Crippen molar-refractivity contribution in [2.24, 2.45) is 11.0 Å². The van der Waals surface area contributed by atoms with Gasteiger partial charge in [-0.25, -0.2) is 5.43 Å². The molecular weight excluding hydrogens is 334 g/mol. The van der Waals surface area contributed by atoms with Gasteiger partial charge in [0.05, 0.1) is 19.6 Å². The minimum Gasteiger partial charge on any atom is -0.497 e. The molecule has 0 saturated carbocycles. The van der Waals surface area contributed by atoms with E-state index in [9.17, 15) is 9.59 Å². The number of ether oxygens (including phenoxy) is 1. The summed E-state index contributed by atoms with van der Waals surface area (Å²) in [7, 11) is 1.57. The predicted molar refractivity (Wildman–Crippen MR) is 96.1 cm³/mol. The Morgan fingerprint density at radius 2 is 2.08 bits per heavy atom. The van der Waals surface area contributed by atoms with Crippen molar-refractivity contribution in [3.05, 3.63) is 54.0 Å². The van der Waals surface area contributed by atoms with Crippen LogP contribution in [-0.4, -0.2) is 43.1 Å². The van der Waals surface area contributed by atoms with Crippen molar-refractivity contribution in [1.29, 1.82) is 0 Å². The first-order valence-electron chi connectivity index (χ1n) is 8.47. The molecule has 0 atom stereocenters. The molecule has 0 unspecified atom stereocenters. The number of likely N-dealkylation sites (tertiary alicyclic amines) is 1. The highest BCUT2D eigenvalue weighted by atomic mass is 16.5. The molecule has 0 spiro atoms. The summed E-state index contributed by atoms with van der Waals surface area (Å²) in [5.74, 6) is 0.890. The summed E-state index contributed by atoms with van der Waals surface area (Å²) < 4.78 is 10.3. The topological polar surface area (TPSA) is 84.1 Å². The third-order valence-electron chi connectivity index (χ3n) is 4.38. The lowest BCUT2D eigenvalue weighted by molar-refractivity contribution is -0.126. The minimum atomic E-state index is -0.155. The van der Waals surface area contributed by atoms with Gasteiger partial charge >= 0.3 is 0 Å². The fraction of sp³-hybridized carbons (Fsp3) is 0.316. The number of methoxy groups -OCH3 is 1. The summed E-state index contributed by atoms with van der Waals surface area (Å²) in [6, 6.07) is 10.6. The van der Waals surface area contributed by atoms with E-state index in [-0.39, 0.29) is 17.7 Å². The number of nitrogens with one attached hydrogen (secondary N) is 1. The van der Waals surface area contributed by atoms with Gasteiger partial charge in [0.2, 0.25) is 5.91 Å². The molecule has 7 heteroatoms. The lowest BCUT2D eigenvalue weighted by Crippen LogP contribution is -2.42. The lowest BCUT2D eigenvalue weighted by Gasteiger charge is -2.31. The first kappa shape index (κ1) is 17.7. The molecule has 1 aromatic heterocycles. The predicted octanol–water partition coefficient (Wildman–Crippen LogP) is 2.29. The molecule has 2 heterocycles. The van der Waals surface area contributed by atoms with Gasteiger partial charge in [0.25, 0.3) is 5.91 Å². The van der Waals surface area contributed by atoms with Gasteiger partial charge in [-0.2, -0.15) is 5.10 Å². The van der Waals surface area contributed by atoms with Crippen molar-refractivity contribution in [2.75, 3.05) is 20.2 Å². The summed E-state index contributed by atoms with van der Waals surface area (Å²) >= 11 is 0. The first-order valence-corrected chi connectivity index (χ1v) is 8.47. The SMILES string of the molecule is COc1cccc(C(=O)N2CCC(C(=O)NN=Cc3ccco3)CC2)c1. The summed E-state index contributed by atoms with van der Waals surface area (Å²) in [5.41, 5.74) is 3.12. The fourth-order valence-electron chi connectivity index (χ4n) is 2.90. The van der Waals surface area contributed by atoms with E-state index < -0.39 is 0 Å². The Bertz CT molecular complexity index is 778. The van der Waals surface area contributed by atoms with Crippen molar-refractivity contribution in [2.45, 2.75) is 12.8 Å². The Labute approximate surface area is 151 Å². The number of hydrazone groups is 1. The van der Waals surface area contributed by atoms with Crippen LogP contribution in [0.1, 0.15) is 29.0 Å². The van der Waals surface area contributed by atoms with Crippen molar-refractivity contribution in [3.8, 4) is 5.75 Å². The number of amides is 2. The van der Waals surface area contributed by atoms with Gasteiger partial charge in [-0.05, 0) is 43.2 Å². The summed E-state index contributed by atoms with van der Waals surface area (Å²) in [6.07, 6.45) is 4.22. The molecule has 1 fully saturated rings. The molecule has 0 bridgehead atoms. The zero-order valence-corrected chi connectivity index (χ0v) is 14.6. The van der Waals surface area contributed by atoms with Gasteiger partial charge in [-0.3, -0.25) is 9.59 Å². The van der Waals surface area contributed by atoms with Crippen LogP contribution in [-0.2, 0) is 4.79 Å². The van der Waals surface area contributed by atoms with Crippen LogP contribution in [0, 0.1) is 5.92 Å². The molecule has 1 aromatic carbocycles. The number of carbonyl (C=O) groups excluding carboxylic acids is 2. The van der Waals surface area contributed by atoms with Crippen LogP contribution < -0.4 is 10.2 Å². The third kappa shape index (κ3) is 4.30. The van der Waals surface area contributed by atoms with Crippen LogP contribution in [0.15, 0.2) is 52.2 Å². The zero-order valence-electron chi connectivity index (χ0n) is 14.6. The van der Waals surface area contributed by atoms with E-state index in [1.807, 2.05) is 0 Å². The quantitative estimate of drug-likeness (QED) is 0.659. The molecule has 136 valence electrons. The summed E-state index contributed by atoms with van der Waals surface area (Å²) in [4.78, 5) is 26.5. The van der Waals surface area contributed by atoms with Gasteiger partial charge in [0.15, 0.2) is 0 Å². The number of hydrogen-bond donors (Lipinski definition) is 1. The second-order valence-corrected chi connectivity index (χ2v) is 6.05. The standard InChI is InChI=1S/C19H21N3O4/c1-25-16-5-2-4-15(12-16)19(24)22-9-7-14(8-10-22)18(23)21-20-13-17-6-3-11-26-17/h2-6,11-14H,7-10H2,1H3,(H,21,23). The molecule has 1 aliphatic rings. The van der Waals surface area contributed by atoms with E-state index in [1.54, 1.807) is 48.4 Å². The number of hydrogen-bond acceptors (Lipinski definition) is 5. The molecule has 7 nitrogen and oxygen atoms in total. The fourth-order valence-corrected chi connectivity index (χ4v) is 2.90. The molecule has 2 amide bonds. The highest BCUT2D eigenvalue weighted by Gasteiger charge is 2.27. The van der Waals surface area contributed by atoms with Crippen LogP contribution in [0.4, 0.5) is 0 Å². The van der Waals surface area contributed by atoms with E-state index in [4.69, 9.17) is 9.15 Å². The first-order chi connectivity index (χ1) is 12.7. The van der Waals surface area contributed by atoms with Gasteiger partial charge in [0, 0.05) is 24.6 Å². The minimum absolute atomic E-state index is 0.0430. The van der Waals surface area contributed by atoms with E-state index in [1.165, 1.54) is 12.5 Å². The van der Waals surface area contributed by atoms with Crippen molar-refractivity contribution in [3.63, 3.8) is 0 Å². The Morgan fingerprint density at radius 3 is 2.77 bits per heavy atom. The molecule has 1 saturated heterocycles. The Balaban J connectivity index is 1.50. The maximum absolute atomic E-state index is 12.6. The monoisotopic (exact) mass is 355 g/mol. The van der Waals surface area contributed by atoms with Crippen molar-refractivity contribution < 1.29 is 18.7 Å². The molecule has 1 aliphatic heterocycles. The van der Waals surface area contributed by atoms with E-state index in [2.05, 4.69) is 10.5 Å². The normalized spacial score (nSPS) is 15.2. The molecular formula is C19H21N3O4. The number of nitrogens with zero attached hydrogens (tertiary/aromatic N) is 2. The maximum atomic E-state index is 12.6. The number of furan rings is 1. The third-order valence-corrected chi connectivity index (χ3v) is 4.38. The number of rotatable bonds is 5. The van der Waals surface area contributed by atoms with Crippen LogP contribution in [0.5, 0.6) is 5.75 Å². The number of carbonyl (C=O) groups is 2. The smallest absolute Gasteiger partial charge is 0.253 e. The van der Waals surface area contributed by atoms with Crippen molar-refractivity contribution in [1.82, 2.24) is 10.3 Å². The number of piperidine rings is 1. The van der Waals surface area contributed by atoms with Crippen LogP contribution in [0.2, 0.25) is 0 Å². The van der Waals surface area contributed by atoms with Gasteiger partial charge in [-0.1, -0.05) is 6.07 Å². The van der Waals surface area contributed by atoms with Crippen LogP contribution in [0.25, 0.3) is 0 Å². The van der Waals surface area contributed by atoms with Crippen LogP contribution in [0.3, 0.4) is 0 Å². The highest BCUT2D eigenvalue weighted by molar-refractivity contribution is 5.94. The Kier molecular flexibility index (Phi) is 5.68. The molecule has 1 N–H and O–H groups in total. The highest BCUT2D eigenvalue weighted by Crippen LogP contribution is 2.21. The molecule has 0 aliphatic carbocycles. The lowest BCUT2D eigenvalue weighted by atomic mass is 9.95. The maximum Gasteiger partial charge on any atom is 0.253 e. The van der Waals surface area contributed by atoms with Crippen LogP contribution >= 0.6 is 0 Å². The second kappa shape index (κ2) is 8.33. The summed E-state index contributed by atoms with van der Waals surface area (Å²) in [6.45, 7) is 1.08. The van der Waals surface area contributed by atoms with E-state index in [0.29, 0.717) is 43.0 Å². The van der Waals surface area contributed by atoms with Gasteiger partial charge < -0.3 is 14.1 Å². The van der Waals surface area contributed by atoms with E-state index in [0.717, 1.165) is 0 Å². The zero-order chi connectivity index (χ0) is 18.4. The molecule has 3 rings (SSSR count). The van der Waals surface area contributed by atoms with Gasteiger partial charge in [-0.15, -0.1) is 0 Å². The Morgan fingerprint density at radius 1 is 1.27 bits per heavy atom. The second-order valence-electron chi connectivity index (χ2n) is 6.05. The average molecular weight is 355 g/mol.